The Morgan fingerprint density at radius 3 is 2.92 bits per heavy atom. The predicted octanol–water partition coefficient (Wildman–Crippen LogP) is 2.93. The van der Waals surface area contributed by atoms with Gasteiger partial charge in [-0.05, 0) is 19.3 Å². The Morgan fingerprint density at radius 2 is 2.25 bits per heavy atom. The van der Waals surface area contributed by atoms with E-state index in [-0.39, 0.29) is 0 Å². The van der Waals surface area contributed by atoms with Crippen LogP contribution in [0.4, 0.5) is 0 Å². The molecule has 0 aromatic heterocycles. The van der Waals surface area contributed by atoms with Crippen LogP contribution in [0.25, 0.3) is 0 Å². The Labute approximate surface area is 78.8 Å². The molecular weight excluding hydrogens is 172 g/mol. The second-order valence-corrected chi connectivity index (χ2v) is 3.58. The van der Waals surface area contributed by atoms with E-state index in [1.54, 1.807) is 0 Å². The lowest BCUT2D eigenvalue weighted by atomic mass is 9.86. The van der Waals surface area contributed by atoms with Crippen LogP contribution in [0.15, 0.2) is 12.2 Å². The minimum atomic E-state index is 0.290. The van der Waals surface area contributed by atoms with E-state index in [1.807, 2.05) is 12.2 Å². The molecule has 68 valence electrons. The highest BCUT2D eigenvalue weighted by molar-refractivity contribution is 6.18. The zero-order valence-corrected chi connectivity index (χ0v) is 8.02. The highest BCUT2D eigenvalue weighted by Crippen LogP contribution is 2.23. The molecule has 1 aliphatic rings. The zero-order chi connectivity index (χ0) is 8.81. The number of hydrogen-bond acceptors (Lipinski definition) is 1. The fourth-order valence-electron chi connectivity index (χ4n) is 1.63. The first-order chi connectivity index (χ1) is 5.84. The standard InChI is InChI=1S/C10H15ClO/c11-8-4-3-6-9-5-1-2-7-10(9)12/h3-4,9H,1-2,5-8H2/b4-3+. The first-order valence-electron chi connectivity index (χ1n) is 4.58. The molecule has 0 aliphatic heterocycles. The number of alkyl halides is 1. The Hall–Kier alpha value is -0.300. The maximum Gasteiger partial charge on any atom is 0.136 e. The average Bonchev–Trinajstić information content (AvgIpc) is 2.09. The summed E-state index contributed by atoms with van der Waals surface area (Å²) in [6, 6.07) is 0. The Balaban J connectivity index is 2.29. The lowest BCUT2D eigenvalue weighted by Gasteiger charge is -2.18. The van der Waals surface area contributed by atoms with Gasteiger partial charge in [0.15, 0.2) is 0 Å². The van der Waals surface area contributed by atoms with Gasteiger partial charge in [-0.1, -0.05) is 18.6 Å². The molecule has 12 heavy (non-hydrogen) atoms. The number of Topliss-reactive ketones (excluding diaryl/α,β-unsaturated/α-hetero) is 1. The van der Waals surface area contributed by atoms with Gasteiger partial charge in [0.1, 0.15) is 5.78 Å². The minimum Gasteiger partial charge on any atom is -0.299 e. The molecule has 0 heterocycles. The average molecular weight is 187 g/mol. The second kappa shape index (κ2) is 5.36. The van der Waals surface area contributed by atoms with E-state index in [9.17, 15) is 4.79 Å². The molecule has 0 aromatic rings. The Kier molecular flexibility index (Phi) is 4.37. The topological polar surface area (TPSA) is 17.1 Å². The van der Waals surface area contributed by atoms with Crippen molar-refractivity contribution in [2.24, 2.45) is 5.92 Å². The normalized spacial score (nSPS) is 25.1. The van der Waals surface area contributed by atoms with Gasteiger partial charge >= 0.3 is 0 Å². The van der Waals surface area contributed by atoms with Crippen molar-refractivity contribution in [1.29, 1.82) is 0 Å². The van der Waals surface area contributed by atoms with Gasteiger partial charge < -0.3 is 0 Å². The smallest absolute Gasteiger partial charge is 0.136 e. The van der Waals surface area contributed by atoms with Crippen LogP contribution >= 0.6 is 11.6 Å². The number of halogens is 1. The van der Waals surface area contributed by atoms with Crippen molar-refractivity contribution in [3.63, 3.8) is 0 Å². The summed E-state index contributed by atoms with van der Waals surface area (Å²) in [5.41, 5.74) is 0. The summed E-state index contributed by atoms with van der Waals surface area (Å²) in [6.45, 7) is 0. The van der Waals surface area contributed by atoms with E-state index in [2.05, 4.69) is 0 Å². The van der Waals surface area contributed by atoms with Gasteiger partial charge in [-0.15, -0.1) is 11.6 Å². The molecule has 1 nitrogen and oxygen atoms in total. The number of hydrogen-bond donors (Lipinski definition) is 0. The summed E-state index contributed by atoms with van der Waals surface area (Å²) in [4.78, 5) is 11.3. The van der Waals surface area contributed by atoms with Crippen molar-refractivity contribution in [3.05, 3.63) is 12.2 Å². The van der Waals surface area contributed by atoms with Crippen LogP contribution in [0.1, 0.15) is 32.1 Å². The van der Waals surface area contributed by atoms with Crippen molar-refractivity contribution in [2.45, 2.75) is 32.1 Å². The van der Waals surface area contributed by atoms with Crippen LogP contribution in [-0.2, 0) is 4.79 Å². The monoisotopic (exact) mass is 186 g/mol. The summed E-state index contributed by atoms with van der Waals surface area (Å²) in [7, 11) is 0. The fraction of sp³-hybridized carbons (Fsp3) is 0.700. The molecule has 0 saturated heterocycles. The molecule has 0 aromatic carbocycles. The van der Waals surface area contributed by atoms with Crippen molar-refractivity contribution < 1.29 is 4.79 Å². The summed E-state index contributed by atoms with van der Waals surface area (Å²) in [5.74, 6) is 1.29. The van der Waals surface area contributed by atoms with E-state index >= 15 is 0 Å². The molecule has 0 bridgehead atoms. The molecular formula is C10H15ClO. The maximum absolute atomic E-state index is 11.3. The largest absolute Gasteiger partial charge is 0.299 e. The van der Waals surface area contributed by atoms with Crippen molar-refractivity contribution in [3.8, 4) is 0 Å². The Bertz CT molecular complexity index is 175. The van der Waals surface area contributed by atoms with Crippen LogP contribution in [0.3, 0.4) is 0 Å². The van der Waals surface area contributed by atoms with Crippen LogP contribution in [0, 0.1) is 5.92 Å². The second-order valence-electron chi connectivity index (χ2n) is 3.27. The third-order valence-electron chi connectivity index (χ3n) is 2.36. The molecule has 0 amide bonds. The summed E-state index contributed by atoms with van der Waals surface area (Å²) < 4.78 is 0. The third kappa shape index (κ3) is 2.98. The minimum absolute atomic E-state index is 0.290. The van der Waals surface area contributed by atoms with Crippen molar-refractivity contribution in [1.82, 2.24) is 0 Å². The van der Waals surface area contributed by atoms with E-state index in [1.165, 1.54) is 6.42 Å². The summed E-state index contributed by atoms with van der Waals surface area (Å²) >= 11 is 5.48. The molecule has 1 atom stereocenters. The number of ketones is 1. The lowest BCUT2D eigenvalue weighted by Crippen LogP contribution is -2.17. The molecule has 1 saturated carbocycles. The summed E-state index contributed by atoms with van der Waals surface area (Å²) in [5, 5.41) is 0. The van der Waals surface area contributed by atoms with E-state index in [4.69, 9.17) is 11.6 Å². The zero-order valence-electron chi connectivity index (χ0n) is 7.26. The fourth-order valence-corrected chi connectivity index (χ4v) is 1.75. The van der Waals surface area contributed by atoms with Gasteiger partial charge in [-0.25, -0.2) is 0 Å². The van der Waals surface area contributed by atoms with Crippen LogP contribution in [-0.4, -0.2) is 11.7 Å². The highest BCUT2D eigenvalue weighted by atomic mass is 35.5. The SMILES string of the molecule is O=C1CCCCC1C/C=C/CCl. The van der Waals surface area contributed by atoms with E-state index in [0.717, 1.165) is 25.7 Å². The van der Waals surface area contributed by atoms with Gasteiger partial charge in [-0.2, -0.15) is 0 Å². The van der Waals surface area contributed by atoms with Gasteiger partial charge in [0.05, 0.1) is 0 Å². The highest BCUT2D eigenvalue weighted by Gasteiger charge is 2.20. The first kappa shape index (κ1) is 9.79. The van der Waals surface area contributed by atoms with Crippen molar-refractivity contribution >= 4 is 17.4 Å². The third-order valence-corrected chi connectivity index (χ3v) is 2.54. The van der Waals surface area contributed by atoms with Crippen LogP contribution in [0.5, 0.6) is 0 Å². The molecule has 1 rings (SSSR count). The van der Waals surface area contributed by atoms with Crippen LogP contribution < -0.4 is 0 Å². The molecule has 1 fully saturated rings. The molecule has 1 aliphatic carbocycles. The van der Waals surface area contributed by atoms with Gasteiger partial charge in [0.2, 0.25) is 0 Å². The van der Waals surface area contributed by atoms with Gasteiger partial charge in [0.25, 0.3) is 0 Å². The molecule has 0 N–H and O–H groups in total. The number of carbonyl (C=O) groups excluding carboxylic acids is 1. The Morgan fingerprint density at radius 1 is 1.42 bits per heavy atom. The number of carbonyl (C=O) groups is 1. The number of allylic oxidation sites excluding steroid dienone is 2. The van der Waals surface area contributed by atoms with E-state index in [0.29, 0.717) is 17.6 Å². The van der Waals surface area contributed by atoms with Gasteiger partial charge in [0, 0.05) is 18.2 Å². The molecule has 2 heteroatoms. The van der Waals surface area contributed by atoms with Crippen LogP contribution in [0.2, 0.25) is 0 Å². The molecule has 0 spiro atoms. The summed E-state index contributed by atoms with van der Waals surface area (Å²) in [6.07, 6.45) is 9.01. The number of rotatable bonds is 3. The van der Waals surface area contributed by atoms with E-state index < -0.39 is 0 Å². The quantitative estimate of drug-likeness (QED) is 0.489. The molecule has 0 radical (unpaired) electrons. The predicted molar refractivity (Wildman–Crippen MR) is 51.4 cm³/mol. The maximum atomic E-state index is 11.3. The molecule has 1 unspecified atom stereocenters. The van der Waals surface area contributed by atoms with Crippen molar-refractivity contribution in [2.75, 3.05) is 5.88 Å². The lowest BCUT2D eigenvalue weighted by molar-refractivity contribution is -0.124. The first-order valence-corrected chi connectivity index (χ1v) is 5.11. The van der Waals surface area contributed by atoms with Gasteiger partial charge in [-0.3, -0.25) is 4.79 Å².